The standard InChI is InChI=1S/C26H29F3O/c1-5-7-18-8-10-19(11-9-18)12-13-20-15-21-14-17(4)25(22(27)16(3)6-2)30-26(21)24(29)23(20)28/h8,12-13,15,19H,3-7,9-11,14H2,1-2H3/b13-12+,25-22-. The zero-order valence-corrected chi connectivity index (χ0v) is 17.8. The van der Waals surface area contributed by atoms with Crippen LogP contribution >= 0.6 is 0 Å². The van der Waals surface area contributed by atoms with Gasteiger partial charge in [0, 0.05) is 17.5 Å². The highest BCUT2D eigenvalue weighted by molar-refractivity contribution is 5.58. The van der Waals surface area contributed by atoms with Crippen LogP contribution in [0.4, 0.5) is 13.2 Å². The van der Waals surface area contributed by atoms with Crippen LogP contribution in [0.15, 0.2) is 59.7 Å². The fourth-order valence-corrected chi connectivity index (χ4v) is 3.92. The molecule has 1 unspecified atom stereocenters. The van der Waals surface area contributed by atoms with Gasteiger partial charge in [-0.15, -0.1) is 0 Å². The SMILES string of the molecule is C=C(CC)/C(F)=C1/Oc2c(cc(/C=C/C3CC=C(CCC)CC3)c(F)c2F)CC1=C. The van der Waals surface area contributed by atoms with Crippen molar-refractivity contribution in [3.05, 3.63) is 82.4 Å². The molecule has 1 aliphatic carbocycles. The van der Waals surface area contributed by atoms with Crippen LogP contribution in [-0.2, 0) is 6.42 Å². The Morgan fingerprint density at radius 3 is 2.67 bits per heavy atom. The predicted molar refractivity (Wildman–Crippen MR) is 117 cm³/mol. The molecule has 30 heavy (non-hydrogen) atoms. The first-order valence-corrected chi connectivity index (χ1v) is 10.7. The van der Waals surface area contributed by atoms with Crippen LogP contribution in [0, 0.1) is 17.6 Å². The first-order chi connectivity index (χ1) is 14.3. The summed E-state index contributed by atoms with van der Waals surface area (Å²) in [5.41, 5.74) is 2.75. The largest absolute Gasteiger partial charge is 0.450 e. The van der Waals surface area contributed by atoms with E-state index in [1.54, 1.807) is 19.1 Å². The molecule has 0 spiro atoms. The van der Waals surface area contributed by atoms with Crippen molar-refractivity contribution in [1.29, 1.82) is 0 Å². The van der Waals surface area contributed by atoms with Crippen molar-refractivity contribution < 1.29 is 17.9 Å². The molecule has 3 rings (SSSR count). The topological polar surface area (TPSA) is 9.23 Å². The monoisotopic (exact) mass is 414 g/mol. The minimum atomic E-state index is -1.10. The van der Waals surface area contributed by atoms with E-state index < -0.39 is 17.5 Å². The molecule has 0 fully saturated rings. The zero-order valence-electron chi connectivity index (χ0n) is 17.8. The van der Waals surface area contributed by atoms with Crippen LogP contribution in [-0.4, -0.2) is 0 Å². The van der Waals surface area contributed by atoms with Crippen molar-refractivity contribution in [2.75, 3.05) is 0 Å². The second-order valence-electron chi connectivity index (χ2n) is 8.07. The van der Waals surface area contributed by atoms with E-state index in [2.05, 4.69) is 26.2 Å². The van der Waals surface area contributed by atoms with Gasteiger partial charge in [-0.2, -0.15) is 4.39 Å². The van der Waals surface area contributed by atoms with Crippen LogP contribution in [0.3, 0.4) is 0 Å². The molecule has 4 heteroatoms. The maximum atomic E-state index is 14.8. The van der Waals surface area contributed by atoms with E-state index in [1.807, 2.05) is 6.08 Å². The first kappa shape index (κ1) is 22.2. The van der Waals surface area contributed by atoms with Gasteiger partial charge >= 0.3 is 0 Å². The average molecular weight is 415 g/mol. The number of hydrogen-bond acceptors (Lipinski definition) is 1. The molecule has 160 valence electrons. The van der Waals surface area contributed by atoms with Crippen molar-refractivity contribution in [3.8, 4) is 5.75 Å². The highest BCUT2D eigenvalue weighted by Gasteiger charge is 2.28. The van der Waals surface area contributed by atoms with Gasteiger partial charge in [0.15, 0.2) is 23.2 Å². The minimum absolute atomic E-state index is 0.159. The molecular weight excluding hydrogens is 385 g/mol. The van der Waals surface area contributed by atoms with Crippen LogP contribution in [0.2, 0.25) is 0 Å². The zero-order chi connectivity index (χ0) is 21.8. The molecule has 1 heterocycles. The lowest BCUT2D eigenvalue weighted by Gasteiger charge is -2.24. The Morgan fingerprint density at radius 2 is 2.03 bits per heavy atom. The fraction of sp³-hybridized carbons (Fsp3) is 0.385. The molecule has 2 aliphatic rings. The van der Waals surface area contributed by atoms with Gasteiger partial charge in [0.25, 0.3) is 0 Å². The minimum Gasteiger partial charge on any atom is -0.450 e. The van der Waals surface area contributed by atoms with Gasteiger partial charge in [0.2, 0.25) is 5.82 Å². The molecule has 1 aromatic rings. The summed E-state index contributed by atoms with van der Waals surface area (Å²) < 4.78 is 49.4. The lowest BCUT2D eigenvalue weighted by molar-refractivity contribution is 0.355. The summed E-state index contributed by atoms with van der Waals surface area (Å²) in [6, 6.07) is 1.57. The van der Waals surface area contributed by atoms with Gasteiger partial charge in [-0.1, -0.05) is 57.2 Å². The fourth-order valence-electron chi connectivity index (χ4n) is 3.92. The second kappa shape index (κ2) is 9.55. The number of ether oxygens (including phenoxy) is 1. The number of benzene rings is 1. The van der Waals surface area contributed by atoms with Gasteiger partial charge < -0.3 is 4.74 Å². The molecular formula is C26H29F3O. The van der Waals surface area contributed by atoms with Gasteiger partial charge in [-0.25, -0.2) is 8.78 Å². The highest BCUT2D eigenvalue weighted by atomic mass is 19.2. The molecule has 0 radical (unpaired) electrons. The molecule has 0 saturated heterocycles. The van der Waals surface area contributed by atoms with E-state index in [0.29, 0.717) is 23.5 Å². The second-order valence-corrected chi connectivity index (χ2v) is 8.07. The van der Waals surface area contributed by atoms with Crippen molar-refractivity contribution in [3.63, 3.8) is 0 Å². The third-order valence-electron chi connectivity index (χ3n) is 5.80. The Kier molecular flexibility index (Phi) is 7.06. The van der Waals surface area contributed by atoms with Crippen LogP contribution in [0.25, 0.3) is 6.08 Å². The van der Waals surface area contributed by atoms with Crippen molar-refractivity contribution in [1.82, 2.24) is 0 Å². The van der Waals surface area contributed by atoms with Gasteiger partial charge in [0.1, 0.15) is 0 Å². The summed E-state index contributed by atoms with van der Waals surface area (Å²) in [6.07, 6.45) is 11.7. The van der Waals surface area contributed by atoms with E-state index in [1.165, 1.54) is 5.57 Å². The summed E-state index contributed by atoms with van der Waals surface area (Å²) in [6.45, 7) is 11.4. The summed E-state index contributed by atoms with van der Waals surface area (Å²) in [7, 11) is 0. The Balaban J connectivity index is 1.85. The van der Waals surface area contributed by atoms with E-state index in [-0.39, 0.29) is 29.1 Å². The Bertz CT molecular complexity index is 950. The van der Waals surface area contributed by atoms with Gasteiger partial charge in [-0.3, -0.25) is 0 Å². The van der Waals surface area contributed by atoms with Crippen LogP contribution in [0.5, 0.6) is 5.75 Å². The Hall–Kier alpha value is -2.49. The first-order valence-electron chi connectivity index (χ1n) is 10.7. The number of hydrogen-bond donors (Lipinski definition) is 0. The molecule has 0 bridgehead atoms. The molecule has 1 aliphatic heterocycles. The molecule has 0 aromatic heterocycles. The summed E-state index contributed by atoms with van der Waals surface area (Å²) >= 11 is 0. The number of halogens is 3. The molecule has 0 saturated carbocycles. The molecule has 1 nitrogen and oxygen atoms in total. The summed E-state index contributed by atoms with van der Waals surface area (Å²) in [4.78, 5) is 0. The average Bonchev–Trinajstić information content (AvgIpc) is 2.75. The molecule has 1 aromatic carbocycles. The number of fused-ring (bicyclic) bond motifs is 1. The van der Waals surface area contributed by atoms with Crippen molar-refractivity contribution >= 4 is 6.08 Å². The van der Waals surface area contributed by atoms with E-state index in [9.17, 15) is 13.2 Å². The number of allylic oxidation sites excluding steroid dienone is 6. The van der Waals surface area contributed by atoms with E-state index in [4.69, 9.17) is 4.74 Å². The smallest absolute Gasteiger partial charge is 0.202 e. The Labute approximate surface area is 177 Å². The van der Waals surface area contributed by atoms with Gasteiger partial charge in [-0.05, 0) is 55.2 Å². The summed E-state index contributed by atoms with van der Waals surface area (Å²) in [5.74, 6) is -2.85. The Morgan fingerprint density at radius 1 is 1.27 bits per heavy atom. The van der Waals surface area contributed by atoms with E-state index in [0.717, 1.165) is 32.1 Å². The quantitative estimate of drug-likeness (QED) is 0.427. The third-order valence-corrected chi connectivity index (χ3v) is 5.80. The summed E-state index contributed by atoms with van der Waals surface area (Å²) in [5, 5.41) is 0. The lowest BCUT2D eigenvalue weighted by Crippen LogP contribution is -2.14. The normalized spacial score (nSPS) is 20.6. The maximum Gasteiger partial charge on any atom is 0.202 e. The van der Waals surface area contributed by atoms with Crippen LogP contribution in [0.1, 0.15) is 63.5 Å². The molecule has 0 amide bonds. The van der Waals surface area contributed by atoms with Gasteiger partial charge in [0.05, 0.1) is 0 Å². The maximum absolute atomic E-state index is 14.8. The molecule has 0 N–H and O–H groups in total. The molecule has 1 atom stereocenters. The van der Waals surface area contributed by atoms with Crippen molar-refractivity contribution in [2.24, 2.45) is 5.92 Å². The van der Waals surface area contributed by atoms with Crippen LogP contribution < -0.4 is 4.74 Å². The lowest BCUT2D eigenvalue weighted by atomic mass is 9.87. The highest BCUT2D eigenvalue weighted by Crippen LogP contribution is 2.39. The van der Waals surface area contributed by atoms with Crippen molar-refractivity contribution in [2.45, 2.75) is 58.8 Å². The third kappa shape index (κ3) is 4.63. The van der Waals surface area contributed by atoms with E-state index >= 15 is 0 Å². The predicted octanol–water partition coefficient (Wildman–Crippen LogP) is 8.14. The number of rotatable bonds is 6.